The quantitative estimate of drug-likeness (QED) is 0.778. The van der Waals surface area contributed by atoms with E-state index in [0.29, 0.717) is 13.0 Å². The Labute approximate surface area is 173 Å². The number of nitrogens with zero attached hydrogens (tertiary/aromatic N) is 5. The molecule has 7 heteroatoms. The SMILES string of the molecule is CCCC(=O)N1CCCC(C(=O)N2CCCC(c3nnc4n3CCCCC4)C2)C1. The molecule has 0 radical (unpaired) electrons. The molecule has 29 heavy (non-hydrogen) atoms. The summed E-state index contributed by atoms with van der Waals surface area (Å²) in [7, 11) is 0. The van der Waals surface area contributed by atoms with Crippen LogP contribution in [0.1, 0.15) is 82.3 Å². The van der Waals surface area contributed by atoms with Crippen molar-refractivity contribution in [2.75, 3.05) is 26.2 Å². The number of hydrogen-bond donors (Lipinski definition) is 0. The van der Waals surface area contributed by atoms with Gasteiger partial charge in [0.05, 0.1) is 5.92 Å². The van der Waals surface area contributed by atoms with Crippen molar-refractivity contribution in [3.63, 3.8) is 0 Å². The molecule has 2 fully saturated rings. The minimum absolute atomic E-state index is 0.0428. The summed E-state index contributed by atoms with van der Waals surface area (Å²) in [5, 5.41) is 9.01. The van der Waals surface area contributed by atoms with Crippen LogP contribution in [0.3, 0.4) is 0 Å². The molecule has 4 heterocycles. The van der Waals surface area contributed by atoms with Crippen molar-refractivity contribution >= 4 is 11.8 Å². The van der Waals surface area contributed by atoms with Crippen LogP contribution >= 0.6 is 0 Å². The largest absolute Gasteiger partial charge is 0.342 e. The summed E-state index contributed by atoms with van der Waals surface area (Å²) < 4.78 is 2.33. The summed E-state index contributed by atoms with van der Waals surface area (Å²) in [5.41, 5.74) is 0. The van der Waals surface area contributed by atoms with Crippen LogP contribution in [0.2, 0.25) is 0 Å². The predicted molar refractivity (Wildman–Crippen MR) is 110 cm³/mol. The number of fused-ring (bicyclic) bond motifs is 1. The fourth-order valence-corrected chi connectivity index (χ4v) is 5.23. The van der Waals surface area contributed by atoms with Gasteiger partial charge in [-0.05, 0) is 44.9 Å². The number of hydrogen-bond acceptors (Lipinski definition) is 4. The standard InChI is InChI=1S/C22H35N5O2/c1-2-8-20(28)25-12-7-10-18(16-25)22(29)26-13-6-9-17(15-26)21-24-23-19-11-4-3-5-14-27(19)21/h17-18H,2-16H2,1H3. The minimum Gasteiger partial charge on any atom is -0.342 e. The zero-order valence-electron chi connectivity index (χ0n) is 17.8. The van der Waals surface area contributed by atoms with E-state index in [1.165, 1.54) is 19.3 Å². The maximum absolute atomic E-state index is 13.3. The zero-order valence-corrected chi connectivity index (χ0v) is 17.8. The molecule has 2 amide bonds. The van der Waals surface area contributed by atoms with E-state index in [2.05, 4.69) is 14.8 Å². The summed E-state index contributed by atoms with van der Waals surface area (Å²) >= 11 is 0. The van der Waals surface area contributed by atoms with Crippen molar-refractivity contribution in [1.82, 2.24) is 24.6 Å². The average molecular weight is 402 g/mol. The molecule has 160 valence electrons. The lowest BCUT2D eigenvalue weighted by molar-refractivity contribution is -0.141. The Morgan fingerprint density at radius 1 is 0.931 bits per heavy atom. The first kappa shape index (κ1) is 20.4. The first-order valence-electron chi connectivity index (χ1n) is 11.7. The van der Waals surface area contributed by atoms with Crippen LogP contribution in [0.4, 0.5) is 0 Å². The third kappa shape index (κ3) is 4.48. The summed E-state index contributed by atoms with van der Waals surface area (Å²) in [6.45, 7) is 6.02. The summed E-state index contributed by atoms with van der Waals surface area (Å²) in [6, 6.07) is 0. The maximum atomic E-state index is 13.3. The number of aryl methyl sites for hydroxylation is 1. The normalized spacial score (nSPS) is 25.4. The number of carbonyl (C=O) groups excluding carboxylic acids is 2. The molecule has 0 spiro atoms. The van der Waals surface area contributed by atoms with E-state index >= 15 is 0 Å². The van der Waals surface area contributed by atoms with Crippen molar-refractivity contribution in [3.05, 3.63) is 11.6 Å². The van der Waals surface area contributed by atoms with Crippen molar-refractivity contribution < 1.29 is 9.59 Å². The van der Waals surface area contributed by atoms with Crippen LogP contribution in [0.5, 0.6) is 0 Å². The van der Waals surface area contributed by atoms with Gasteiger partial charge in [0.25, 0.3) is 0 Å². The number of aromatic nitrogens is 3. The fraction of sp³-hybridized carbons (Fsp3) is 0.818. The molecular formula is C22H35N5O2. The monoisotopic (exact) mass is 401 g/mol. The molecule has 0 aromatic carbocycles. The highest BCUT2D eigenvalue weighted by molar-refractivity contribution is 5.81. The average Bonchev–Trinajstić information content (AvgIpc) is 3.02. The molecule has 3 aliphatic rings. The Kier molecular flexibility index (Phi) is 6.50. The van der Waals surface area contributed by atoms with Gasteiger partial charge in [0.2, 0.25) is 11.8 Å². The topological polar surface area (TPSA) is 71.3 Å². The molecule has 1 aromatic rings. The predicted octanol–water partition coefficient (Wildman–Crippen LogP) is 2.75. The molecule has 3 aliphatic heterocycles. The van der Waals surface area contributed by atoms with E-state index in [-0.39, 0.29) is 23.7 Å². The third-order valence-corrected chi connectivity index (χ3v) is 6.82. The summed E-state index contributed by atoms with van der Waals surface area (Å²) in [6.07, 6.45) is 10.0. The van der Waals surface area contributed by atoms with Gasteiger partial charge in [-0.25, -0.2) is 0 Å². The minimum atomic E-state index is -0.0428. The Balaban J connectivity index is 1.41. The number of piperidine rings is 2. The zero-order chi connectivity index (χ0) is 20.2. The Hall–Kier alpha value is -1.92. The smallest absolute Gasteiger partial charge is 0.227 e. The summed E-state index contributed by atoms with van der Waals surface area (Å²) in [4.78, 5) is 29.5. The molecule has 7 nitrogen and oxygen atoms in total. The fourth-order valence-electron chi connectivity index (χ4n) is 5.23. The maximum Gasteiger partial charge on any atom is 0.227 e. The van der Waals surface area contributed by atoms with Gasteiger partial charge in [-0.15, -0.1) is 10.2 Å². The van der Waals surface area contributed by atoms with Crippen LogP contribution in [0.25, 0.3) is 0 Å². The molecule has 0 N–H and O–H groups in total. The second-order valence-electron chi connectivity index (χ2n) is 8.99. The molecule has 2 atom stereocenters. The first-order chi connectivity index (χ1) is 14.2. The highest BCUT2D eigenvalue weighted by atomic mass is 16.2. The highest BCUT2D eigenvalue weighted by Crippen LogP contribution is 2.30. The molecule has 2 saturated heterocycles. The lowest BCUT2D eigenvalue weighted by Gasteiger charge is -2.38. The second kappa shape index (κ2) is 9.26. The highest BCUT2D eigenvalue weighted by Gasteiger charge is 2.35. The van der Waals surface area contributed by atoms with Gasteiger partial charge in [-0.1, -0.05) is 13.3 Å². The Bertz CT molecular complexity index is 731. The van der Waals surface area contributed by atoms with E-state index in [1.807, 2.05) is 16.7 Å². The second-order valence-corrected chi connectivity index (χ2v) is 8.99. The van der Waals surface area contributed by atoms with Gasteiger partial charge < -0.3 is 14.4 Å². The van der Waals surface area contributed by atoms with E-state index in [1.54, 1.807) is 0 Å². The van der Waals surface area contributed by atoms with Gasteiger partial charge in [-0.3, -0.25) is 9.59 Å². The Morgan fingerprint density at radius 2 is 1.76 bits per heavy atom. The van der Waals surface area contributed by atoms with Gasteiger partial charge >= 0.3 is 0 Å². The number of amides is 2. The van der Waals surface area contributed by atoms with Crippen LogP contribution in [-0.4, -0.2) is 62.6 Å². The van der Waals surface area contributed by atoms with Crippen molar-refractivity contribution in [2.45, 2.75) is 83.6 Å². The first-order valence-corrected chi connectivity index (χ1v) is 11.7. The molecule has 1 aromatic heterocycles. The van der Waals surface area contributed by atoms with Gasteiger partial charge in [0.15, 0.2) is 0 Å². The van der Waals surface area contributed by atoms with Crippen LogP contribution in [0, 0.1) is 5.92 Å². The van der Waals surface area contributed by atoms with Crippen LogP contribution in [-0.2, 0) is 22.6 Å². The van der Waals surface area contributed by atoms with E-state index in [0.717, 1.165) is 76.4 Å². The van der Waals surface area contributed by atoms with Gasteiger partial charge in [0, 0.05) is 51.5 Å². The molecule has 4 rings (SSSR count). The van der Waals surface area contributed by atoms with Crippen molar-refractivity contribution in [3.8, 4) is 0 Å². The van der Waals surface area contributed by atoms with Crippen molar-refractivity contribution in [1.29, 1.82) is 0 Å². The number of likely N-dealkylation sites (tertiary alicyclic amines) is 2. The lowest BCUT2D eigenvalue weighted by atomic mass is 9.92. The van der Waals surface area contributed by atoms with E-state index < -0.39 is 0 Å². The van der Waals surface area contributed by atoms with Crippen LogP contribution in [0.15, 0.2) is 0 Å². The van der Waals surface area contributed by atoms with E-state index in [9.17, 15) is 9.59 Å². The number of carbonyl (C=O) groups is 2. The molecular weight excluding hydrogens is 366 g/mol. The molecule has 2 unspecified atom stereocenters. The molecule has 0 saturated carbocycles. The number of rotatable bonds is 4. The third-order valence-electron chi connectivity index (χ3n) is 6.82. The van der Waals surface area contributed by atoms with Gasteiger partial charge in [-0.2, -0.15) is 0 Å². The Morgan fingerprint density at radius 3 is 2.62 bits per heavy atom. The van der Waals surface area contributed by atoms with Crippen LogP contribution < -0.4 is 0 Å². The molecule has 0 aliphatic carbocycles. The van der Waals surface area contributed by atoms with Gasteiger partial charge in [0.1, 0.15) is 11.6 Å². The van der Waals surface area contributed by atoms with E-state index in [4.69, 9.17) is 0 Å². The molecule has 0 bridgehead atoms. The summed E-state index contributed by atoms with van der Waals surface area (Å²) in [5.74, 6) is 2.89. The van der Waals surface area contributed by atoms with Crippen molar-refractivity contribution in [2.24, 2.45) is 5.92 Å². The lowest BCUT2D eigenvalue weighted by Crippen LogP contribution is -2.49.